The van der Waals surface area contributed by atoms with Crippen molar-refractivity contribution in [2.24, 2.45) is 0 Å². The fourth-order valence-electron chi connectivity index (χ4n) is 2.01. The molecule has 108 valence electrons. The average molecular weight is 279 g/mol. The molecule has 0 aliphatic carbocycles. The molecule has 0 aromatic rings. The number of ether oxygens (including phenoxy) is 1. The highest BCUT2D eigenvalue weighted by molar-refractivity contribution is 7.92. The lowest BCUT2D eigenvalue weighted by Crippen LogP contribution is -2.46. The van der Waals surface area contributed by atoms with E-state index < -0.39 is 15.4 Å². The van der Waals surface area contributed by atoms with Crippen LogP contribution in [0.15, 0.2) is 0 Å². The maximum absolute atomic E-state index is 11.7. The Kier molecular flexibility index (Phi) is 5.58. The molecule has 6 heteroatoms. The second kappa shape index (κ2) is 6.32. The van der Waals surface area contributed by atoms with Gasteiger partial charge in [0.15, 0.2) is 9.84 Å². The molecule has 0 aromatic heterocycles. The molecule has 1 saturated heterocycles. The molecule has 0 unspecified atom stereocenters. The molecule has 0 radical (unpaired) electrons. The Labute approximate surface area is 110 Å². The van der Waals surface area contributed by atoms with Gasteiger partial charge >= 0.3 is 0 Å². The molecule has 0 aromatic carbocycles. The molecule has 1 fully saturated rings. The Morgan fingerprint density at radius 1 is 1.33 bits per heavy atom. The second-order valence-corrected chi connectivity index (χ2v) is 8.17. The van der Waals surface area contributed by atoms with E-state index in [4.69, 9.17) is 4.74 Å². The van der Waals surface area contributed by atoms with Gasteiger partial charge in [0, 0.05) is 39.1 Å². The molecule has 0 bridgehead atoms. The standard InChI is InChI=1S/C12H25NO4S/c1-11(2)18(15,16)9-6-13(3)10-12(14)4-7-17-8-5-12/h11,14H,4-10H2,1-3H3. The van der Waals surface area contributed by atoms with E-state index in [1.54, 1.807) is 13.8 Å². The van der Waals surface area contributed by atoms with E-state index >= 15 is 0 Å². The van der Waals surface area contributed by atoms with Crippen LogP contribution in [0.4, 0.5) is 0 Å². The van der Waals surface area contributed by atoms with Gasteiger partial charge in [-0.1, -0.05) is 0 Å². The van der Waals surface area contributed by atoms with E-state index in [0.717, 1.165) is 0 Å². The van der Waals surface area contributed by atoms with Crippen LogP contribution in [-0.2, 0) is 14.6 Å². The zero-order valence-electron chi connectivity index (χ0n) is 11.6. The summed E-state index contributed by atoms with van der Waals surface area (Å²) < 4.78 is 28.6. The summed E-state index contributed by atoms with van der Waals surface area (Å²) in [6, 6.07) is 0. The van der Waals surface area contributed by atoms with Crippen molar-refractivity contribution in [3.8, 4) is 0 Å². The van der Waals surface area contributed by atoms with Crippen molar-refractivity contribution in [1.29, 1.82) is 0 Å². The third-order valence-electron chi connectivity index (χ3n) is 3.46. The van der Waals surface area contributed by atoms with Crippen LogP contribution in [0.1, 0.15) is 26.7 Å². The minimum absolute atomic E-state index is 0.147. The predicted molar refractivity (Wildman–Crippen MR) is 71.4 cm³/mol. The molecule has 1 N–H and O–H groups in total. The predicted octanol–water partition coefficient (Wildman–Crippen LogP) is 0.283. The van der Waals surface area contributed by atoms with Gasteiger partial charge < -0.3 is 14.7 Å². The first kappa shape index (κ1) is 15.9. The van der Waals surface area contributed by atoms with Crippen molar-refractivity contribution in [1.82, 2.24) is 4.90 Å². The van der Waals surface area contributed by atoms with Gasteiger partial charge in [-0.25, -0.2) is 8.42 Å². The molecule has 5 nitrogen and oxygen atoms in total. The van der Waals surface area contributed by atoms with Gasteiger partial charge in [0.25, 0.3) is 0 Å². The van der Waals surface area contributed by atoms with Gasteiger partial charge in [0.1, 0.15) is 0 Å². The van der Waals surface area contributed by atoms with Gasteiger partial charge in [-0.3, -0.25) is 0 Å². The van der Waals surface area contributed by atoms with Crippen LogP contribution in [0, 0.1) is 0 Å². The Balaban J connectivity index is 2.40. The number of aliphatic hydroxyl groups is 1. The maximum atomic E-state index is 11.7. The minimum Gasteiger partial charge on any atom is -0.388 e. The molecular formula is C12H25NO4S. The largest absolute Gasteiger partial charge is 0.388 e. The SMILES string of the molecule is CC(C)S(=O)(=O)CCN(C)CC1(O)CCOCC1. The number of nitrogens with zero attached hydrogens (tertiary/aromatic N) is 1. The molecule has 0 spiro atoms. The highest BCUT2D eigenvalue weighted by Crippen LogP contribution is 2.21. The van der Waals surface area contributed by atoms with E-state index in [1.807, 2.05) is 11.9 Å². The fraction of sp³-hybridized carbons (Fsp3) is 1.00. The number of sulfone groups is 1. The number of likely N-dealkylation sites (N-methyl/N-ethyl adjacent to an activating group) is 1. The van der Waals surface area contributed by atoms with Gasteiger partial charge in [0.05, 0.1) is 16.6 Å². The topological polar surface area (TPSA) is 66.8 Å². The molecule has 1 aliphatic rings. The lowest BCUT2D eigenvalue weighted by Gasteiger charge is -2.35. The zero-order valence-corrected chi connectivity index (χ0v) is 12.4. The average Bonchev–Trinajstić information content (AvgIpc) is 2.26. The summed E-state index contributed by atoms with van der Waals surface area (Å²) in [7, 11) is -1.15. The maximum Gasteiger partial charge on any atom is 0.153 e. The summed E-state index contributed by atoms with van der Waals surface area (Å²) >= 11 is 0. The van der Waals surface area contributed by atoms with Gasteiger partial charge in [-0.05, 0) is 20.9 Å². The lowest BCUT2D eigenvalue weighted by atomic mass is 9.94. The van der Waals surface area contributed by atoms with Crippen molar-refractivity contribution in [2.45, 2.75) is 37.5 Å². The number of hydrogen-bond donors (Lipinski definition) is 1. The Hall–Kier alpha value is -0.170. The van der Waals surface area contributed by atoms with Crippen LogP contribution in [0.25, 0.3) is 0 Å². The molecule has 18 heavy (non-hydrogen) atoms. The Bertz CT molecular complexity index is 347. The van der Waals surface area contributed by atoms with Gasteiger partial charge in [-0.2, -0.15) is 0 Å². The molecular weight excluding hydrogens is 254 g/mol. The monoisotopic (exact) mass is 279 g/mol. The lowest BCUT2D eigenvalue weighted by molar-refractivity contribution is -0.0762. The van der Waals surface area contributed by atoms with Crippen LogP contribution in [0.3, 0.4) is 0 Å². The summed E-state index contributed by atoms with van der Waals surface area (Å²) in [5.74, 6) is 0.147. The third kappa shape index (κ3) is 4.84. The fourth-order valence-corrected chi connectivity index (χ4v) is 3.05. The van der Waals surface area contributed by atoms with E-state index in [-0.39, 0.29) is 11.0 Å². The first-order valence-electron chi connectivity index (χ1n) is 6.45. The first-order valence-corrected chi connectivity index (χ1v) is 8.17. The summed E-state index contributed by atoms with van der Waals surface area (Å²) in [4.78, 5) is 1.89. The van der Waals surface area contributed by atoms with Crippen molar-refractivity contribution >= 4 is 9.84 Å². The molecule has 0 amide bonds. The van der Waals surface area contributed by atoms with E-state index in [9.17, 15) is 13.5 Å². The Morgan fingerprint density at radius 3 is 2.39 bits per heavy atom. The van der Waals surface area contributed by atoms with Crippen molar-refractivity contribution < 1.29 is 18.3 Å². The molecule has 1 aliphatic heterocycles. The van der Waals surface area contributed by atoms with Crippen molar-refractivity contribution in [3.05, 3.63) is 0 Å². The van der Waals surface area contributed by atoms with Gasteiger partial charge in [0.2, 0.25) is 0 Å². The van der Waals surface area contributed by atoms with Crippen LogP contribution in [0.2, 0.25) is 0 Å². The van der Waals surface area contributed by atoms with E-state index in [1.165, 1.54) is 0 Å². The van der Waals surface area contributed by atoms with E-state index in [0.29, 0.717) is 39.1 Å². The third-order valence-corrected chi connectivity index (χ3v) is 5.65. The summed E-state index contributed by atoms with van der Waals surface area (Å²) in [5, 5.41) is 9.97. The van der Waals surface area contributed by atoms with Crippen LogP contribution in [0.5, 0.6) is 0 Å². The van der Waals surface area contributed by atoms with Crippen LogP contribution < -0.4 is 0 Å². The molecule has 1 rings (SSSR count). The number of rotatable bonds is 6. The van der Waals surface area contributed by atoms with Crippen molar-refractivity contribution in [3.63, 3.8) is 0 Å². The van der Waals surface area contributed by atoms with Crippen LogP contribution in [-0.4, -0.2) is 68.4 Å². The Morgan fingerprint density at radius 2 is 1.89 bits per heavy atom. The normalized spacial score (nSPS) is 20.6. The van der Waals surface area contributed by atoms with Crippen molar-refractivity contribution in [2.75, 3.05) is 39.1 Å². The first-order chi connectivity index (χ1) is 8.25. The molecule has 1 heterocycles. The summed E-state index contributed by atoms with van der Waals surface area (Å²) in [5.41, 5.74) is -0.728. The molecule has 0 atom stereocenters. The zero-order chi connectivity index (χ0) is 13.8. The highest BCUT2D eigenvalue weighted by atomic mass is 32.2. The van der Waals surface area contributed by atoms with Crippen LogP contribution >= 0.6 is 0 Å². The minimum atomic E-state index is -3.00. The highest BCUT2D eigenvalue weighted by Gasteiger charge is 2.31. The molecule has 0 saturated carbocycles. The number of hydrogen-bond acceptors (Lipinski definition) is 5. The quantitative estimate of drug-likeness (QED) is 0.756. The summed E-state index contributed by atoms with van der Waals surface area (Å²) in [6.45, 7) is 5.51. The van der Waals surface area contributed by atoms with Gasteiger partial charge in [-0.15, -0.1) is 0 Å². The van der Waals surface area contributed by atoms with E-state index in [2.05, 4.69) is 0 Å². The smallest absolute Gasteiger partial charge is 0.153 e. The summed E-state index contributed by atoms with van der Waals surface area (Å²) in [6.07, 6.45) is 1.24. The second-order valence-electron chi connectivity index (χ2n) is 5.49.